The van der Waals surface area contributed by atoms with Gasteiger partial charge in [0, 0.05) is 11.8 Å². The highest BCUT2D eigenvalue weighted by Crippen LogP contribution is 2.14. The van der Waals surface area contributed by atoms with E-state index in [0.29, 0.717) is 0 Å². The molecule has 3 heteroatoms. The Morgan fingerprint density at radius 3 is 2.35 bits per heavy atom. The summed E-state index contributed by atoms with van der Waals surface area (Å²) in [5.74, 6) is 0.0908. The first-order valence-corrected chi connectivity index (χ1v) is 5.70. The van der Waals surface area contributed by atoms with E-state index in [4.69, 9.17) is 0 Å². The predicted molar refractivity (Wildman–Crippen MR) is 67.2 cm³/mol. The number of rotatable bonds is 3. The number of benzene rings is 1. The molecule has 0 saturated heterocycles. The molecule has 3 nitrogen and oxygen atoms in total. The smallest absolute Gasteiger partial charge is 0.187 e. The van der Waals surface area contributed by atoms with Crippen LogP contribution in [0.3, 0.4) is 0 Å². The molecule has 0 fully saturated rings. The number of carbonyl (C=O) groups excluding carboxylic acids is 1. The number of ketones is 1. The van der Waals surface area contributed by atoms with E-state index in [1.54, 1.807) is 4.68 Å². The van der Waals surface area contributed by atoms with Crippen molar-refractivity contribution >= 4 is 5.78 Å². The molecular weight excluding hydrogens is 212 g/mol. The lowest BCUT2D eigenvalue weighted by Crippen LogP contribution is -2.17. The number of aromatic nitrogens is 2. The number of carbonyl (C=O) groups is 1. The summed E-state index contributed by atoms with van der Waals surface area (Å²) in [6.07, 6.45) is 1.84. The van der Waals surface area contributed by atoms with Gasteiger partial charge in [0.05, 0.1) is 5.69 Å². The van der Waals surface area contributed by atoms with Crippen LogP contribution in [-0.4, -0.2) is 15.6 Å². The molecule has 2 aromatic rings. The summed E-state index contributed by atoms with van der Waals surface area (Å²) in [6, 6.07) is 9.28. The molecule has 0 amide bonds. The highest BCUT2D eigenvalue weighted by Gasteiger charge is 2.17. The Labute approximate surface area is 101 Å². The molecule has 1 aromatic carbocycles. The maximum absolute atomic E-state index is 12.2. The summed E-state index contributed by atoms with van der Waals surface area (Å²) in [6.45, 7) is 5.79. The van der Waals surface area contributed by atoms with E-state index in [1.807, 2.05) is 57.3 Å². The number of nitrogens with zero attached hydrogens (tertiary/aromatic N) is 2. The summed E-state index contributed by atoms with van der Waals surface area (Å²) < 4.78 is 1.71. The van der Waals surface area contributed by atoms with Gasteiger partial charge in [0.1, 0.15) is 6.04 Å². The first-order valence-electron chi connectivity index (χ1n) is 5.70. The summed E-state index contributed by atoms with van der Waals surface area (Å²) in [4.78, 5) is 12.2. The lowest BCUT2D eigenvalue weighted by Gasteiger charge is -2.11. The van der Waals surface area contributed by atoms with E-state index >= 15 is 0 Å². The zero-order chi connectivity index (χ0) is 12.4. The molecule has 0 aliphatic rings. The molecule has 1 heterocycles. The van der Waals surface area contributed by atoms with E-state index in [-0.39, 0.29) is 11.8 Å². The van der Waals surface area contributed by atoms with Gasteiger partial charge in [-0.1, -0.05) is 29.8 Å². The molecule has 0 saturated carbocycles. The third-order valence-electron chi connectivity index (χ3n) is 2.85. The molecular formula is C14H16N2O. The van der Waals surface area contributed by atoms with E-state index < -0.39 is 0 Å². The third kappa shape index (κ3) is 2.44. The largest absolute Gasteiger partial charge is 0.292 e. The van der Waals surface area contributed by atoms with E-state index in [2.05, 4.69) is 5.10 Å². The highest BCUT2D eigenvalue weighted by atomic mass is 16.1. The Balaban J connectivity index is 2.23. The Morgan fingerprint density at radius 1 is 1.18 bits per heavy atom. The molecule has 0 aliphatic carbocycles. The van der Waals surface area contributed by atoms with Crippen molar-refractivity contribution in [2.45, 2.75) is 26.8 Å². The van der Waals surface area contributed by atoms with Gasteiger partial charge in [-0.3, -0.25) is 9.48 Å². The monoisotopic (exact) mass is 228 g/mol. The summed E-state index contributed by atoms with van der Waals surface area (Å²) >= 11 is 0. The average molecular weight is 228 g/mol. The quantitative estimate of drug-likeness (QED) is 0.757. The molecule has 1 unspecified atom stereocenters. The van der Waals surface area contributed by atoms with Crippen LogP contribution >= 0.6 is 0 Å². The zero-order valence-corrected chi connectivity index (χ0v) is 10.3. The minimum atomic E-state index is -0.258. The van der Waals surface area contributed by atoms with Gasteiger partial charge in [-0.15, -0.1) is 0 Å². The van der Waals surface area contributed by atoms with Gasteiger partial charge in [0.15, 0.2) is 5.78 Å². The van der Waals surface area contributed by atoms with Crippen LogP contribution in [-0.2, 0) is 0 Å². The van der Waals surface area contributed by atoms with Gasteiger partial charge in [0.2, 0.25) is 0 Å². The topological polar surface area (TPSA) is 34.9 Å². The van der Waals surface area contributed by atoms with Gasteiger partial charge < -0.3 is 0 Å². The Bertz CT molecular complexity index is 525. The van der Waals surface area contributed by atoms with Crippen LogP contribution in [0.15, 0.2) is 36.5 Å². The molecule has 1 atom stereocenters. The van der Waals surface area contributed by atoms with Crippen molar-refractivity contribution in [2.75, 3.05) is 0 Å². The fourth-order valence-corrected chi connectivity index (χ4v) is 1.73. The molecule has 17 heavy (non-hydrogen) atoms. The van der Waals surface area contributed by atoms with Crippen molar-refractivity contribution in [3.8, 4) is 0 Å². The van der Waals surface area contributed by atoms with Crippen LogP contribution in [0.1, 0.15) is 34.6 Å². The molecule has 0 radical (unpaired) electrons. The average Bonchev–Trinajstić information content (AvgIpc) is 2.75. The maximum Gasteiger partial charge on any atom is 0.187 e. The minimum Gasteiger partial charge on any atom is -0.292 e. The Morgan fingerprint density at radius 2 is 1.82 bits per heavy atom. The first kappa shape index (κ1) is 11.6. The molecule has 1 aromatic heterocycles. The van der Waals surface area contributed by atoms with Gasteiger partial charge in [-0.05, 0) is 26.8 Å². The van der Waals surface area contributed by atoms with Crippen molar-refractivity contribution in [1.82, 2.24) is 9.78 Å². The van der Waals surface area contributed by atoms with Gasteiger partial charge >= 0.3 is 0 Å². The fourth-order valence-electron chi connectivity index (χ4n) is 1.73. The summed E-state index contributed by atoms with van der Waals surface area (Å²) in [5.41, 5.74) is 2.81. The van der Waals surface area contributed by atoms with Crippen molar-refractivity contribution in [3.05, 3.63) is 53.3 Å². The van der Waals surface area contributed by atoms with Crippen LogP contribution in [0, 0.1) is 13.8 Å². The van der Waals surface area contributed by atoms with E-state index in [0.717, 1.165) is 16.8 Å². The number of hydrogen-bond acceptors (Lipinski definition) is 2. The van der Waals surface area contributed by atoms with Gasteiger partial charge in [-0.25, -0.2) is 0 Å². The fraction of sp³-hybridized carbons (Fsp3) is 0.286. The van der Waals surface area contributed by atoms with E-state index in [9.17, 15) is 4.79 Å². The molecule has 0 bridgehead atoms. The first-order chi connectivity index (χ1) is 8.08. The third-order valence-corrected chi connectivity index (χ3v) is 2.85. The normalized spacial score (nSPS) is 12.4. The molecule has 0 spiro atoms. The number of hydrogen-bond donors (Lipinski definition) is 0. The van der Waals surface area contributed by atoms with Crippen LogP contribution in [0.5, 0.6) is 0 Å². The van der Waals surface area contributed by atoms with Crippen molar-refractivity contribution in [1.29, 1.82) is 0 Å². The molecule has 0 N–H and O–H groups in total. The van der Waals surface area contributed by atoms with Crippen LogP contribution in [0.2, 0.25) is 0 Å². The lowest BCUT2D eigenvalue weighted by atomic mass is 10.0. The molecule has 2 rings (SSSR count). The van der Waals surface area contributed by atoms with Crippen molar-refractivity contribution in [3.63, 3.8) is 0 Å². The predicted octanol–water partition coefficient (Wildman–Crippen LogP) is 2.94. The second-order valence-electron chi connectivity index (χ2n) is 4.34. The minimum absolute atomic E-state index is 0.0908. The van der Waals surface area contributed by atoms with Gasteiger partial charge in [0.25, 0.3) is 0 Å². The number of Topliss-reactive ketones (excluding diaryl/α,β-unsaturated/α-hetero) is 1. The number of aryl methyl sites for hydroxylation is 2. The van der Waals surface area contributed by atoms with Crippen LogP contribution < -0.4 is 0 Å². The zero-order valence-electron chi connectivity index (χ0n) is 10.3. The highest BCUT2D eigenvalue weighted by molar-refractivity contribution is 5.98. The van der Waals surface area contributed by atoms with Crippen LogP contribution in [0.25, 0.3) is 0 Å². The summed E-state index contributed by atoms with van der Waals surface area (Å²) in [5, 5.41) is 4.27. The summed E-state index contributed by atoms with van der Waals surface area (Å²) in [7, 11) is 0. The van der Waals surface area contributed by atoms with Crippen molar-refractivity contribution in [2.24, 2.45) is 0 Å². The molecule has 0 aliphatic heterocycles. The maximum atomic E-state index is 12.2. The SMILES string of the molecule is Cc1ccc(C(=O)C(C)n2ccc(C)n2)cc1. The van der Waals surface area contributed by atoms with Crippen molar-refractivity contribution < 1.29 is 4.79 Å². The second-order valence-corrected chi connectivity index (χ2v) is 4.34. The van der Waals surface area contributed by atoms with Crippen LogP contribution in [0.4, 0.5) is 0 Å². The van der Waals surface area contributed by atoms with E-state index in [1.165, 1.54) is 0 Å². The standard InChI is InChI=1S/C14H16N2O/c1-10-4-6-13(7-5-10)14(17)12(3)16-9-8-11(2)15-16/h4-9,12H,1-3H3. The Kier molecular flexibility index (Phi) is 3.09. The van der Waals surface area contributed by atoms with Gasteiger partial charge in [-0.2, -0.15) is 5.10 Å². The Hall–Kier alpha value is -1.90. The lowest BCUT2D eigenvalue weighted by molar-refractivity contribution is 0.0928. The molecule has 88 valence electrons. The second kappa shape index (κ2) is 4.53.